The molecule has 0 fully saturated rings. The summed E-state index contributed by atoms with van der Waals surface area (Å²) in [5, 5.41) is 8.47. The first-order chi connectivity index (χ1) is 14.9. The molecule has 9 heteroatoms. The van der Waals surface area contributed by atoms with Crippen molar-refractivity contribution in [2.75, 3.05) is 13.2 Å². The summed E-state index contributed by atoms with van der Waals surface area (Å²) in [6.45, 7) is 1.07. The second kappa shape index (κ2) is 15.0. The van der Waals surface area contributed by atoms with Gasteiger partial charge in [0.2, 0.25) is 0 Å². The molecule has 0 heterocycles. The molecule has 0 radical (unpaired) electrons. The van der Waals surface area contributed by atoms with Crippen molar-refractivity contribution >= 4 is 55.9 Å². The summed E-state index contributed by atoms with van der Waals surface area (Å²) < 4.78 is 22.6. The lowest BCUT2D eigenvalue weighted by atomic mass is 10.1. The van der Waals surface area contributed by atoms with Crippen LogP contribution in [0.1, 0.15) is 51.4 Å². The molecule has 0 aliphatic rings. The number of benzene rings is 2. The smallest absolute Gasteiger partial charge is 0.380 e. The molecule has 0 aliphatic carbocycles. The van der Waals surface area contributed by atoms with E-state index < -0.39 is 6.07 Å². The minimum Gasteiger partial charge on any atom is -0.494 e. The maximum Gasteiger partial charge on any atom is 0.380 e. The van der Waals surface area contributed by atoms with Crippen LogP contribution in [-0.2, 0) is 9.09 Å². The molecule has 5 nitrogen and oxygen atoms in total. The Morgan fingerprint density at radius 2 is 1.16 bits per heavy atom. The van der Waals surface area contributed by atoms with E-state index in [0.29, 0.717) is 13.2 Å². The van der Waals surface area contributed by atoms with Crippen molar-refractivity contribution in [3.05, 3.63) is 53.0 Å². The molecule has 2 aromatic carbocycles. The van der Waals surface area contributed by atoms with Gasteiger partial charge in [0, 0.05) is 4.47 Å². The highest BCUT2D eigenvalue weighted by Gasteiger charge is 2.12. The lowest BCUT2D eigenvalue weighted by molar-refractivity contribution is 0.303. The zero-order valence-electron chi connectivity index (χ0n) is 17.4. The third-order valence-electron chi connectivity index (χ3n) is 4.49. The first-order valence-electron chi connectivity index (χ1n) is 10.5. The Bertz CT molecular complexity index is 830. The predicted octanol–water partition coefficient (Wildman–Crippen LogP) is 9.97. The predicted molar refractivity (Wildman–Crippen MR) is 132 cm³/mol. The van der Waals surface area contributed by atoms with Crippen LogP contribution in [-0.4, -0.2) is 13.2 Å². The molecular weight excluding hydrogens is 522 g/mol. The fourth-order valence-electron chi connectivity index (χ4n) is 2.86. The first-order valence-corrected chi connectivity index (χ1v) is 14.7. The Kier molecular flexibility index (Phi) is 12.8. The number of azo groups is 1. The van der Waals surface area contributed by atoms with E-state index in [1.165, 1.54) is 19.3 Å². The topological polar surface area (TPSA) is 60.2 Å². The van der Waals surface area contributed by atoms with Gasteiger partial charge in [0.25, 0.3) is 0 Å². The van der Waals surface area contributed by atoms with Crippen LogP contribution in [0.25, 0.3) is 0 Å². The molecular formula is C22H28BrCl2N2O3P. The Hall–Kier alpha value is -0.910. The Morgan fingerprint density at radius 3 is 1.68 bits per heavy atom. The highest BCUT2D eigenvalue weighted by atomic mass is 79.9. The molecule has 0 unspecified atom stereocenters. The van der Waals surface area contributed by atoms with E-state index in [4.69, 9.17) is 31.7 Å². The van der Waals surface area contributed by atoms with E-state index in [2.05, 4.69) is 26.2 Å². The number of ether oxygens (including phenoxy) is 1. The van der Waals surface area contributed by atoms with Crippen LogP contribution in [0.3, 0.4) is 0 Å². The van der Waals surface area contributed by atoms with E-state index in [1.54, 1.807) is 0 Å². The van der Waals surface area contributed by atoms with Crippen LogP contribution in [0.2, 0.25) is 0 Å². The van der Waals surface area contributed by atoms with Gasteiger partial charge in [-0.1, -0.05) is 54.5 Å². The average molecular weight is 550 g/mol. The van der Waals surface area contributed by atoms with Gasteiger partial charge in [0.1, 0.15) is 5.75 Å². The van der Waals surface area contributed by atoms with Gasteiger partial charge in [-0.15, -0.1) is 0 Å². The average Bonchev–Trinajstić information content (AvgIpc) is 2.74. The van der Waals surface area contributed by atoms with Crippen molar-refractivity contribution < 1.29 is 13.8 Å². The third-order valence-corrected chi connectivity index (χ3v) is 6.09. The van der Waals surface area contributed by atoms with E-state index >= 15 is 0 Å². The number of halogens is 3. The van der Waals surface area contributed by atoms with Gasteiger partial charge in [0.15, 0.2) is 0 Å². The number of hydrogen-bond acceptors (Lipinski definition) is 5. The van der Waals surface area contributed by atoms with Crippen LogP contribution < -0.4 is 4.74 Å². The van der Waals surface area contributed by atoms with Gasteiger partial charge in [-0.25, -0.2) is 0 Å². The molecule has 0 aliphatic heterocycles. The van der Waals surface area contributed by atoms with Crippen LogP contribution in [0.5, 0.6) is 5.75 Å². The second-order valence-corrected chi connectivity index (χ2v) is 12.3. The SMILES string of the molecule is O=P(Cl)(Cl)OCCCCCCCCCCOc1ccc(N=Nc2ccc(Br)cc2)cc1. The number of nitrogens with zero attached hydrogens (tertiary/aromatic N) is 2. The maximum absolute atomic E-state index is 11.0. The van der Waals surface area contributed by atoms with Crippen molar-refractivity contribution in [2.24, 2.45) is 10.2 Å². The minimum atomic E-state index is -3.36. The van der Waals surface area contributed by atoms with Gasteiger partial charge in [-0.3, -0.25) is 4.57 Å². The summed E-state index contributed by atoms with van der Waals surface area (Å²) in [7, 11) is 0. The largest absolute Gasteiger partial charge is 0.494 e. The van der Waals surface area contributed by atoms with Crippen LogP contribution in [0.4, 0.5) is 11.4 Å². The molecule has 31 heavy (non-hydrogen) atoms. The van der Waals surface area contributed by atoms with Gasteiger partial charge < -0.3 is 9.26 Å². The molecule has 2 rings (SSSR count). The number of hydrogen-bond donors (Lipinski definition) is 0. The lowest BCUT2D eigenvalue weighted by Gasteiger charge is -2.06. The normalized spacial score (nSPS) is 11.8. The molecule has 0 spiro atoms. The van der Waals surface area contributed by atoms with E-state index in [0.717, 1.165) is 53.7 Å². The summed E-state index contributed by atoms with van der Waals surface area (Å²) in [6, 6.07) is 15.3. The molecule has 0 saturated heterocycles. The molecule has 0 N–H and O–H groups in total. The van der Waals surface area contributed by atoms with Crippen molar-refractivity contribution in [1.82, 2.24) is 0 Å². The van der Waals surface area contributed by atoms with E-state index in [9.17, 15) is 4.57 Å². The summed E-state index contributed by atoms with van der Waals surface area (Å²) >= 11 is 14.0. The molecule has 2 aromatic rings. The molecule has 0 saturated carbocycles. The van der Waals surface area contributed by atoms with E-state index in [1.807, 2.05) is 48.5 Å². The zero-order valence-corrected chi connectivity index (χ0v) is 21.4. The minimum absolute atomic E-state index is 0.358. The van der Waals surface area contributed by atoms with Crippen molar-refractivity contribution in [3.8, 4) is 5.75 Å². The standard InChI is InChI=1S/C22H28BrCl2N2O3P/c23-19-9-11-20(12-10-19)26-27-21-13-15-22(16-14-21)29-17-7-5-3-1-2-4-6-8-18-30-31(24,25)28/h9-16H,1-8,17-18H2. The Morgan fingerprint density at radius 1 is 0.710 bits per heavy atom. The molecule has 0 atom stereocenters. The summed E-state index contributed by atoms with van der Waals surface area (Å²) in [6.07, 6.45) is 5.45. The lowest BCUT2D eigenvalue weighted by Crippen LogP contribution is -1.97. The quantitative estimate of drug-likeness (QED) is 0.126. The molecule has 0 amide bonds. The monoisotopic (exact) mass is 548 g/mol. The third kappa shape index (κ3) is 13.3. The highest BCUT2D eigenvalue weighted by molar-refractivity contribution is 9.10. The summed E-state index contributed by atoms with van der Waals surface area (Å²) in [5.41, 5.74) is 1.60. The van der Waals surface area contributed by atoms with Crippen LogP contribution in [0, 0.1) is 0 Å². The first kappa shape index (κ1) is 26.3. The fraction of sp³-hybridized carbons (Fsp3) is 0.455. The zero-order chi connectivity index (χ0) is 22.4. The molecule has 170 valence electrons. The van der Waals surface area contributed by atoms with Crippen LogP contribution in [0.15, 0.2) is 63.2 Å². The maximum atomic E-state index is 11.0. The van der Waals surface area contributed by atoms with Gasteiger partial charge in [0.05, 0.1) is 24.6 Å². The van der Waals surface area contributed by atoms with Gasteiger partial charge in [-0.2, -0.15) is 10.2 Å². The summed E-state index contributed by atoms with van der Waals surface area (Å²) in [5.74, 6) is 0.850. The van der Waals surface area contributed by atoms with Crippen LogP contribution >= 0.6 is 44.5 Å². The van der Waals surface area contributed by atoms with Crippen molar-refractivity contribution in [3.63, 3.8) is 0 Å². The van der Waals surface area contributed by atoms with Crippen molar-refractivity contribution in [1.29, 1.82) is 0 Å². The molecule has 0 bridgehead atoms. The number of unbranched alkanes of at least 4 members (excludes halogenated alkanes) is 7. The van der Waals surface area contributed by atoms with Gasteiger partial charge >= 0.3 is 6.07 Å². The van der Waals surface area contributed by atoms with Gasteiger partial charge in [-0.05, 0) is 83.9 Å². The summed E-state index contributed by atoms with van der Waals surface area (Å²) in [4.78, 5) is 0. The Labute approximate surface area is 202 Å². The highest BCUT2D eigenvalue weighted by Crippen LogP contribution is 2.57. The number of rotatable bonds is 15. The van der Waals surface area contributed by atoms with E-state index in [-0.39, 0.29) is 0 Å². The Balaban J connectivity index is 1.48. The van der Waals surface area contributed by atoms with Crippen molar-refractivity contribution in [2.45, 2.75) is 51.4 Å². The molecule has 0 aromatic heterocycles. The fourth-order valence-corrected chi connectivity index (χ4v) is 3.88. The second-order valence-electron chi connectivity index (χ2n) is 7.09.